The van der Waals surface area contributed by atoms with Crippen LogP contribution in [0.4, 0.5) is 0 Å². The van der Waals surface area contributed by atoms with Crippen LogP contribution in [0.5, 0.6) is 0 Å². The van der Waals surface area contributed by atoms with Gasteiger partial charge in [0, 0.05) is 44.9 Å². The Kier molecular flexibility index (Phi) is 5.74. The SMILES string of the molecule is CC(C)CN1CCN(C(=O)c2cccc(=O)[nH]2)C[C@@H]1CCO. The number of aromatic nitrogens is 1. The zero-order valence-corrected chi connectivity index (χ0v) is 13.3. The summed E-state index contributed by atoms with van der Waals surface area (Å²) >= 11 is 0. The number of hydrogen-bond donors (Lipinski definition) is 2. The highest BCUT2D eigenvalue weighted by atomic mass is 16.3. The first-order valence-corrected chi connectivity index (χ1v) is 7.84. The number of carbonyl (C=O) groups is 1. The molecule has 6 nitrogen and oxygen atoms in total. The van der Waals surface area contributed by atoms with Gasteiger partial charge in [0.05, 0.1) is 0 Å². The molecular formula is C16H25N3O3. The smallest absolute Gasteiger partial charge is 0.270 e. The number of hydrogen-bond acceptors (Lipinski definition) is 4. The van der Waals surface area contributed by atoms with Gasteiger partial charge in [-0.2, -0.15) is 0 Å². The lowest BCUT2D eigenvalue weighted by molar-refractivity contribution is 0.0380. The Labute approximate surface area is 130 Å². The highest BCUT2D eigenvalue weighted by Crippen LogP contribution is 2.16. The van der Waals surface area contributed by atoms with Crippen LogP contribution in [0, 0.1) is 5.92 Å². The Balaban J connectivity index is 2.07. The van der Waals surface area contributed by atoms with Gasteiger partial charge < -0.3 is 15.0 Å². The van der Waals surface area contributed by atoms with Gasteiger partial charge in [0.1, 0.15) is 5.69 Å². The normalized spacial score (nSPS) is 19.6. The minimum Gasteiger partial charge on any atom is -0.396 e. The molecule has 1 aromatic heterocycles. The number of carbonyl (C=O) groups excluding carboxylic acids is 1. The van der Waals surface area contributed by atoms with Crippen molar-refractivity contribution in [2.45, 2.75) is 26.3 Å². The molecule has 1 aliphatic heterocycles. The van der Waals surface area contributed by atoms with Crippen molar-refractivity contribution in [2.24, 2.45) is 5.92 Å². The quantitative estimate of drug-likeness (QED) is 0.832. The number of aliphatic hydroxyl groups excluding tert-OH is 1. The van der Waals surface area contributed by atoms with Crippen LogP contribution < -0.4 is 5.56 Å². The van der Waals surface area contributed by atoms with Crippen LogP contribution >= 0.6 is 0 Å². The molecule has 0 radical (unpaired) electrons. The van der Waals surface area contributed by atoms with Crippen LogP contribution in [0.3, 0.4) is 0 Å². The highest BCUT2D eigenvalue weighted by Gasteiger charge is 2.30. The first kappa shape index (κ1) is 16.7. The second-order valence-corrected chi connectivity index (χ2v) is 6.23. The van der Waals surface area contributed by atoms with Crippen LogP contribution in [0.15, 0.2) is 23.0 Å². The third kappa shape index (κ3) is 4.18. The summed E-state index contributed by atoms with van der Waals surface area (Å²) in [5.74, 6) is 0.402. The number of amides is 1. The van der Waals surface area contributed by atoms with Gasteiger partial charge in [-0.05, 0) is 18.4 Å². The molecule has 122 valence electrons. The molecule has 0 aliphatic carbocycles. The van der Waals surface area contributed by atoms with Crippen LogP contribution in [0.2, 0.25) is 0 Å². The second-order valence-electron chi connectivity index (χ2n) is 6.23. The minimum atomic E-state index is -0.267. The summed E-state index contributed by atoms with van der Waals surface area (Å²) in [6, 6.07) is 4.78. The van der Waals surface area contributed by atoms with Gasteiger partial charge in [-0.25, -0.2) is 0 Å². The molecule has 22 heavy (non-hydrogen) atoms. The summed E-state index contributed by atoms with van der Waals surface area (Å²) < 4.78 is 0. The first-order chi connectivity index (χ1) is 10.5. The number of nitrogens with one attached hydrogen (secondary N) is 1. The van der Waals surface area contributed by atoms with Gasteiger partial charge >= 0.3 is 0 Å². The Bertz CT molecular complexity index is 556. The largest absolute Gasteiger partial charge is 0.396 e. The zero-order valence-electron chi connectivity index (χ0n) is 13.3. The van der Waals surface area contributed by atoms with E-state index in [0.29, 0.717) is 31.1 Å². The van der Waals surface area contributed by atoms with Gasteiger partial charge in [0.15, 0.2) is 0 Å². The van der Waals surface area contributed by atoms with Crippen molar-refractivity contribution in [1.82, 2.24) is 14.8 Å². The predicted octanol–water partition coefficient (Wildman–Crippen LogP) is 0.540. The van der Waals surface area contributed by atoms with Gasteiger partial charge in [-0.15, -0.1) is 0 Å². The fourth-order valence-corrected chi connectivity index (χ4v) is 2.95. The summed E-state index contributed by atoms with van der Waals surface area (Å²) in [6.07, 6.45) is 0.655. The summed E-state index contributed by atoms with van der Waals surface area (Å²) in [5, 5.41) is 9.27. The number of pyridine rings is 1. The van der Waals surface area contributed by atoms with Crippen LogP contribution in [-0.2, 0) is 0 Å². The second kappa shape index (κ2) is 7.56. The molecule has 2 rings (SSSR count). The van der Waals surface area contributed by atoms with E-state index in [1.54, 1.807) is 17.0 Å². The number of rotatable bonds is 5. The van der Waals surface area contributed by atoms with Gasteiger partial charge in [0.25, 0.3) is 5.91 Å². The molecule has 2 heterocycles. The monoisotopic (exact) mass is 307 g/mol. The predicted molar refractivity (Wildman–Crippen MR) is 84.9 cm³/mol. The van der Waals surface area contributed by atoms with Crippen molar-refractivity contribution >= 4 is 5.91 Å². The lowest BCUT2D eigenvalue weighted by Crippen LogP contribution is -2.55. The Hall–Kier alpha value is -1.66. The summed E-state index contributed by atoms with van der Waals surface area (Å²) in [7, 11) is 0. The average Bonchev–Trinajstić information content (AvgIpc) is 2.48. The third-order valence-electron chi connectivity index (χ3n) is 3.95. The molecule has 1 amide bonds. The number of aromatic amines is 1. The molecule has 1 aromatic rings. The van der Waals surface area contributed by atoms with E-state index in [1.165, 1.54) is 6.07 Å². The van der Waals surface area contributed by atoms with Crippen molar-refractivity contribution in [3.8, 4) is 0 Å². The lowest BCUT2D eigenvalue weighted by Gasteiger charge is -2.42. The number of H-pyrrole nitrogens is 1. The molecular weight excluding hydrogens is 282 g/mol. The molecule has 6 heteroatoms. The van der Waals surface area contributed by atoms with E-state index < -0.39 is 0 Å². The Morgan fingerprint density at radius 2 is 2.18 bits per heavy atom. The fraction of sp³-hybridized carbons (Fsp3) is 0.625. The van der Waals surface area contributed by atoms with Gasteiger partial charge in [-0.3, -0.25) is 14.5 Å². The van der Waals surface area contributed by atoms with E-state index >= 15 is 0 Å². The number of aliphatic hydroxyl groups is 1. The molecule has 0 bridgehead atoms. The molecule has 0 unspecified atom stereocenters. The summed E-state index contributed by atoms with van der Waals surface area (Å²) in [6.45, 7) is 7.45. The Morgan fingerprint density at radius 3 is 2.82 bits per heavy atom. The molecule has 0 saturated carbocycles. The number of piperazine rings is 1. The third-order valence-corrected chi connectivity index (χ3v) is 3.95. The maximum absolute atomic E-state index is 12.5. The Morgan fingerprint density at radius 1 is 1.41 bits per heavy atom. The van der Waals surface area contributed by atoms with Gasteiger partial charge in [0.2, 0.25) is 5.56 Å². The van der Waals surface area contributed by atoms with Gasteiger partial charge in [-0.1, -0.05) is 19.9 Å². The molecule has 0 aromatic carbocycles. The van der Waals surface area contributed by atoms with E-state index in [4.69, 9.17) is 0 Å². The lowest BCUT2D eigenvalue weighted by atomic mass is 10.1. The molecule has 1 saturated heterocycles. The van der Waals surface area contributed by atoms with Crippen molar-refractivity contribution in [2.75, 3.05) is 32.8 Å². The van der Waals surface area contributed by atoms with E-state index in [9.17, 15) is 14.7 Å². The molecule has 0 spiro atoms. The molecule has 1 fully saturated rings. The van der Waals surface area contributed by atoms with Crippen LogP contribution in [0.1, 0.15) is 30.8 Å². The maximum atomic E-state index is 12.5. The summed E-state index contributed by atoms with van der Waals surface area (Å²) in [5.41, 5.74) is 0.0590. The van der Waals surface area contributed by atoms with Crippen molar-refractivity contribution in [1.29, 1.82) is 0 Å². The van der Waals surface area contributed by atoms with E-state index in [1.807, 2.05) is 0 Å². The van der Waals surface area contributed by atoms with E-state index in [0.717, 1.165) is 13.1 Å². The average molecular weight is 307 g/mol. The first-order valence-electron chi connectivity index (χ1n) is 7.84. The van der Waals surface area contributed by atoms with Crippen molar-refractivity contribution in [3.63, 3.8) is 0 Å². The van der Waals surface area contributed by atoms with E-state index in [2.05, 4.69) is 23.7 Å². The standard InChI is InChI=1S/C16H25N3O3/c1-12(2)10-18-7-8-19(11-13(18)6-9-20)16(22)14-4-3-5-15(21)17-14/h3-5,12-13,20H,6-11H2,1-2H3,(H,17,21)/t13-/m0/s1. The highest BCUT2D eigenvalue weighted by molar-refractivity contribution is 5.92. The van der Waals surface area contributed by atoms with Crippen LogP contribution in [-0.4, -0.2) is 64.6 Å². The maximum Gasteiger partial charge on any atom is 0.270 e. The van der Waals surface area contributed by atoms with E-state index in [-0.39, 0.29) is 24.1 Å². The van der Waals surface area contributed by atoms with Crippen molar-refractivity contribution < 1.29 is 9.90 Å². The molecule has 1 aliphatic rings. The van der Waals surface area contributed by atoms with Crippen LogP contribution in [0.25, 0.3) is 0 Å². The molecule has 1 atom stereocenters. The zero-order chi connectivity index (χ0) is 16.1. The minimum absolute atomic E-state index is 0.115. The summed E-state index contributed by atoms with van der Waals surface area (Å²) in [4.78, 5) is 30.6. The topological polar surface area (TPSA) is 76.6 Å². The van der Waals surface area contributed by atoms with Crippen molar-refractivity contribution in [3.05, 3.63) is 34.2 Å². The fourth-order valence-electron chi connectivity index (χ4n) is 2.95. The molecule has 2 N–H and O–H groups in total. The number of nitrogens with zero attached hydrogens (tertiary/aromatic N) is 2.